The van der Waals surface area contributed by atoms with Gasteiger partial charge in [0.1, 0.15) is 5.82 Å². The third kappa shape index (κ3) is 2.72. The zero-order chi connectivity index (χ0) is 12.4. The molecule has 0 fully saturated rings. The van der Waals surface area contributed by atoms with Crippen molar-refractivity contribution in [2.45, 2.75) is 4.90 Å². The summed E-state index contributed by atoms with van der Waals surface area (Å²) in [5.74, 6) is -0.396. The van der Waals surface area contributed by atoms with E-state index in [1.807, 2.05) is 0 Å². The molecule has 0 heterocycles. The lowest BCUT2D eigenvalue weighted by Gasteiger charge is -2.05. The van der Waals surface area contributed by atoms with E-state index in [-0.39, 0.29) is 0 Å². The SMILES string of the molecule is O=S(O)c1ccc(-c2ccc(F)cc2Cl)cc1. The molecule has 1 N–H and O–H groups in total. The summed E-state index contributed by atoms with van der Waals surface area (Å²) >= 11 is 3.92. The maximum Gasteiger partial charge on any atom is 0.186 e. The molecule has 0 aliphatic carbocycles. The molecule has 5 heteroatoms. The maximum atomic E-state index is 12.9. The van der Waals surface area contributed by atoms with Gasteiger partial charge in [0.25, 0.3) is 0 Å². The molecule has 0 aliphatic heterocycles. The summed E-state index contributed by atoms with van der Waals surface area (Å²) in [7, 11) is 0. The molecule has 1 unspecified atom stereocenters. The predicted octanol–water partition coefficient (Wildman–Crippen LogP) is 3.73. The van der Waals surface area contributed by atoms with E-state index in [9.17, 15) is 8.60 Å². The Kier molecular flexibility index (Phi) is 3.57. The number of rotatable bonds is 2. The second-order valence-corrected chi connectivity index (χ2v) is 4.77. The van der Waals surface area contributed by atoms with E-state index in [4.69, 9.17) is 16.2 Å². The first-order valence-electron chi connectivity index (χ1n) is 4.74. The van der Waals surface area contributed by atoms with Crippen LogP contribution in [0.25, 0.3) is 11.1 Å². The van der Waals surface area contributed by atoms with Gasteiger partial charge in [-0.05, 0) is 35.9 Å². The molecule has 0 saturated heterocycles. The zero-order valence-corrected chi connectivity index (χ0v) is 10.1. The van der Waals surface area contributed by atoms with Crippen LogP contribution in [0.4, 0.5) is 4.39 Å². The van der Waals surface area contributed by atoms with Crippen LogP contribution in [-0.2, 0) is 11.1 Å². The first-order chi connectivity index (χ1) is 8.08. The quantitative estimate of drug-likeness (QED) is 0.845. The molecule has 2 aromatic rings. The molecule has 0 saturated carbocycles. The molecule has 2 aromatic carbocycles. The summed E-state index contributed by atoms with van der Waals surface area (Å²) in [6.07, 6.45) is 0. The molecular weight excluding hydrogens is 263 g/mol. The van der Waals surface area contributed by atoms with Crippen LogP contribution in [0.1, 0.15) is 0 Å². The van der Waals surface area contributed by atoms with Crippen LogP contribution in [-0.4, -0.2) is 8.76 Å². The molecule has 2 rings (SSSR count). The third-order valence-electron chi connectivity index (χ3n) is 2.30. The van der Waals surface area contributed by atoms with E-state index in [1.54, 1.807) is 18.2 Å². The fourth-order valence-corrected chi connectivity index (χ4v) is 2.12. The van der Waals surface area contributed by atoms with Crippen LogP contribution in [0.3, 0.4) is 0 Å². The molecule has 88 valence electrons. The fourth-order valence-electron chi connectivity index (χ4n) is 1.47. The topological polar surface area (TPSA) is 37.3 Å². The molecule has 0 aliphatic rings. The van der Waals surface area contributed by atoms with Crippen molar-refractivity contribution in [3.8, 4) is 11.1 Å². The Hall–Kier alpha value is -1.23. The summed E-state index contributed by atoms with van der Waals surface area (Å²) in [6, 6.07) is 10.5. The van der Waals surface area contributed by atoms with Gasteiger partial charge in [-0.2, -0.15) is 0 Å². The Labute approximate surface area is 105 Å². The van der Waals surface area contributed by atoms with Gasteiger partial charge in [-0.1, -0.05) is 23.7 Å². The van der Waals surface area contributed by atoms with E-state index in [0.29, 0.717) is 15.5 Å². The van der Waals surface area contributed by atoms with Gasteiger partial charge in [-0.25, -0.2) is 8.60 Å². The van der Waals surface area contributed by atoms with Gasteiger partial charge in [0.2, 0.25) is 0 Å². The molecule has 0 bridgehead atoms. The number of hydrogen-bond donors (Lipinski definition) is 1. The van der Waals surface area contributed by atoms with Crippen molar-refractivity contribution in [2.75, 3.05) is 0 Å². The zero-order valence-electron chi connectivity index (χ0n) is 8.56. The van der Waals surface area contributed by atoms with Crippen molar-refractivity contribution >= 4 is 22.7 Å². The van der Waals surface area contributed by atoms with Crippen molar-refractivity contribution in [3.63, 3.8) is 0 Å². The second kappa shape index (κ2) is 4.96. The molecule has 0 amide bonds. The lowest BCUT2D eigenvalue weighted by molar-refractivity contribution is 0.564. The van der Waals surface area contributed by atoms with Gasteiger partial charge in [0, 0.05) is 5.56 Å². The van der Waals surface area contributed by atoms with Crippen molar-refractivity contribution < 1.29 is 13.2 Å². The van der Waals surface area contributed by atoms with E-state index in [0.717, 1.165) is 5.56 Å². The van der Waals surface area contributed by atoms with Crippen molar-refractivity contribution in [2.24, 2.45) is 0 Å². The maximum absolute atomic E-state index is 12.9. The minimum atomic E-state index is -2.00. The molecule has 0 radical (unpaired) electrons. The van der Waals surface area contributed by atoms with Crippen LogP contribution >= 0.6 is 11.6 Å². The minimum absolute atomic E-state index is 0.308. The van der Waals surface area contributed by atoms with Crippen LogP contribution in [0.2, 0.25) is 5.02 Å². The normalized spacial score (nSPS) is 12.4. The highest BCUT2D eigenvalue weighted by Crippen LogP contribution is 2.28. The summed E-state index contributed by atoms with van der Waals surface area (Å²) in [5, 5.41) is 0.308. The highest BCUT2D eigenvalue weighted by molar-refractivity contribution is 7.79. The number of benzene rings is 2. The van der Waals surface area contributed by atoms with Gasteiger partial charge >= 0.3 is 0 Å². The highest BCUT2D eigenvalue weighted by atomic mass is 35.5. The standard InChI is InChI=1S/C12H8ClFO2S/c13-12-7-9(14)3-6-11(12)8-1-4-10(5-2-8)17(15)16/h1-7H,(H,15,16). The van der Waals surface area contributed by atoms with Gasteiger partial charge in [-0.15, -0.1) is 0 Å². The molecule has 17 heavy (non-hydrogen) atoms. The van der Waals surface area contributed by atoms with Crippen LogP contribution in [0, 0.1) is 5.82 Å². The smallest absolute Gasteiger partial charge is 0.186 e. The minimum Gasteiger partial charge on any atom is -0.302 e. The summed E-state index contributed by atoms with van der Waals surface area (Å²) in [4.78, 5) is 0.312. The Morgan fingerprint density at radius 1 is 1.12 bits per heavy atom. The predicted molar refractivity (Wildman–Crippen MR) is 65.9 cm³/mol. The first kappa shape index (κ1) is 12.2. The average molecular weight is 271 g/mol. The van der Waals surface area contributed by atoms with Crippen molar-refractivity contribution in [1.82, 2.24) is 0 Å². The Bertz CT molecular complexity index is 569. The number of hydrogen-bond acceptors (Lipinski definition) is 1. The molecule has 2 nitrogen and oxygen atoms in total. The van der Waals surface area contributed by atoms with E-state index in [2.05, 4.69) is 0 Å². The third-order valence-corrected chi connectivity index (χ3v) is 3.29. The lowest BCUT2D eigenvalue weighted by Crippen LogP contribution is -1.88. The molecule has 1 atom stereocenters. The Morgan fingerprint density at radius 3 is 2.29 bits per heavy atom. The van der Waals surface area contributed by atoms with Gasteiger partial charge in [0.15, 0.2) is 11.1 Å². The summed E-state index contributed by atoms with van der Waals surface area (Å²) < 4.78 is 32.5. The number of halogens is 2. The Balaban J connectivity index is 2.43. The van der Waals surface area contributed by atoms with E-state index in [1.165, 1.54) is 24.3 Å². The molecular formula is C12H8ClFO2S. The first-order valence-corrected chi connectivity index (χ1v) is 6.23. The highest BCUT2D eigenvalue weighted by Gasteiger charge is 2.06. The Morgan fingerprint density at radius 2 is 1.76 bits per heavy atom. The summed E-state index contributed by atoms with van der Waals surface area (Å²) in [6.45, 7) is 0. The fraction of sp³-hybridized carbons (Fsp3) is 0. The molecule has 0 aromatic heterocycles. The van der Waals surface area contributed by atoms with Crippen molar-refractivity contribution in [3.05, 3.63) is 53.3 Å². The van der Waals surface area contributed by atoms with E-state index < -0.39 is 16.9 Å². The van der Waals surface area contributed by atoms with Crippen LogP contribution in [0.15, 0.2) is 47.4 Å². The van der Waals surface area contributed by atoms with Crippen LogP contribution < -0.4 is 0 Å². The lowest BCUT2D eigenvalue weighted by atomic mass is 10.1. The summed E-state index contributed by atoms with van der Waals surface area (Å²) in [5.41, 5.74) is 1.45. The second-order valence-electron chi connectivity index (χ2n) is 3.40. The van der Waals surface area contributed by atoms with Gasteiger partial charge < -0.3 is 4.55 Å². The van der Waals surface area contributed by atoms with Gasteiger partial charge in [-0.3, -0.25) is 0 Å². The molecule has 0 spiro atoms. The van der Waals surface area contributed by atoms with Crippen LogP contribution in [0.5, 0.6) is 0 Å². The largest absolute Gasteiger partial charge is 0.302 e. The van der Waals surface area contributed by atoms with E-state index >= 15 is 0 Å². The van der Waals surface area contributed by atoms with Gasteiger partial charge in [0.05, 0.1) is 9.92 Å². The van der Waals surface area contributed by atoms with Crippen molar-refractivity contribution in [1.29, 1.82) is 0 Å². The monoisotopic (exact) mass is 270 g/mol. The average Bonchev–Trinajstić information content (AvgIpc) is 2.29.